The van der Waals surface area contributed by atoms with E-state index in [-0.39, 0.29) is 11.9 Å². The van der Waals surface area contributed by atoms with Crippen LogP contribution in [-0.2, 0) is 11.2 Å². The summed E-state index contributed by atoms with van der Waals surface area (Å²) in [6.07, 6.45) is 4.09. The normalized spacial score (nSPS) is 16.8. The van der Waals surface area contributed by atoms with Crippen LogP contribution in [0.4, 0.5) is 5.82 Å². The number of anilines is 1. The first-order valence-corrected chi connectivity index (χ1v) is 9.31. The number of benzene rings is 1. The molecule has 1 N–H and O–H groups in total. The van der Waals surface area contributed by atoms with Gasteiger partial charge in [-0.3, -0.25) is 4.79 Å². The number of fused-ring (bicyclic) bond motifs is 1. The molecule has 7 nitrogen and oxygen atoms in total. The molecule has 1 aromatic carbocycles. The molecule has 1 fully saturated rings. The van der Waals surface area contributed by atoms with Crippen molar-refractivity contribution in [2.45, 2.75) is 39.2 Å². The highest BCUT2D eigenvalue weighted by atomic mass is 16.5. The predicted octanol–water partition coefficient (Wildman–Crippen LogP) is 2.56. The minimum atomic E-state index is -0.201. The molecule has 0 unspecified atom stereocenters. The smallest absolute Gasteiger partial charge is 0.242 e. The summed E-state index contributed by atoms with van der Waals surface area (Å²) in [5, 5.41) is 8.02. The molecule has 1 saturated heterocycles. The van der Waals surface area contributed by atoms with Crippen molar-refractivity contribution in [1.29, 1.82) is 0 Å². The number of rotatable bonds is 5. The molecule has 4 rings (SSSR count). The third-order valence-electron chi connectivity index (χ3n) is 5.20. The summed E-state index contributed by atoms with van der Waals surface area (Å²) < 4.78 is 5.18. The highest BCUT2D eigenvalue weighted by Gasteiger charge is 2.32. The number of nitrogens with zero attached hydrogens (tertiary/aromatic N) is 4. The predicted molar refractivity (Wildman–Crippen MR) is 103 cm³/mol. The van der Waals surface area contributed by atoms with Gasteiger partial charge >= 0.3 is 0 Å². The van der Waals surface area contributed by atoms with Crippen LogP contribution in [-0.4, -0.2) is 40.2 Å². The average molecular weight is 365 g/mol. The molecular formula is C20H23N5O2. The highest BCUT2D eigenvalue weighted by molar-refractivity contribution is 5.93. The van der Waals surface area contributed by atoms with Crippen molar-refractivity contribution in [2.24, 2.45) is 0 Å². The Kier molecular flexibility index (Phi) is 4.75. The first-order chi connectivity index (χ1) is 13.1. The summed E-state index contributed by atoms with van der Waals surface area (Å²) in [4.78, 5) is 23.7. The first-order valence-electron chi connectivity index (χ1n) is 9.31. The molecule has 7 heteroatoms. The van der Waals surface area contributed by atoms with Crippen molar-refractivity contribution in [2.75, 3.05) is 18.0 Å². The first kappa shape index (κ1) is 17.5. The maximum atomic E-state index is 12.8. The minimum Gasteiger partial charge on any atom is -0.361 e. The van der Waals surface area contributed by atoms with E-state index in [1.54, 1.807) is 6.33 Å². The summed E-state index contributed by atoms with van der Waals surface area (Å²) in [5.74, 6) is 1.70. The van der Waals surface area contributed by atoms with Gasteiger partial charge in [0.25, 0.3) is 0 Å². The Labute approximate surface area is 157 Å². The second-order valence-corrected chi connectivity index (χ2v) is 6.91. The van der Waals surface area contributed by atoms with Crippen LogP contribution in [0.25, 0.3) is 10.9 Å². The van der Waals surface area contributed by atoms with E-state index in [9.17, 15) is 4.79 Å². The van der Waals surface area contributed by atoms with E-state index in [4.69, 9.17) is 4.52 Å². The molecule has 0 spiro atoms. The van der Waals surface area contributed by atoms with Gasteiger partial charge in [-0.05, 0) is 45.2 Å². The molecule has 27 heavy (non-hydrogen) atoms. The second kappa shape index (κ2) is 7.34. The SMILES string of the molecule is Cc1noc(C)c1CCNC(=O)[C@@H]1CCCN1c1ncnc2ccccc12. The van der Waals surface area contributed by atoms with Gasteiger partial charge in [0.05, 0.1) is 11.2 Å². The lowest BCUT2D eigenvalue weighted by Crippen LogP contribution is -2.44. The maximum Gasteiger partial charge on any atom is 0.242 e. The zero-order valence-corrected chi connectivity index (χ0v) is 15.6. The van der Waals surface area contributed by atoms with Crippen LogP contribution >= 0.6 is 0 Å². The average Bonchev–Trinajstić information content (AvgIpc) is 3.29. The number of hydrogen-bond acceptors (Lipinski definition) is 6. The number of hydrogen-bond donors (Lipinski definition) is 1. The summed E-state index contributed by atoms with van der Waals surface area (Å²) in [5.41, 5.74) is 2.85. The van der Waals surface area contributed by atoms with Gasteiger partial charge in [0.1, 0.15) is 23.9 Å². The largest absolute Gasteiger partial charge is 0.361 e. The molecule has 3 heterocycles. The zero-order valence-electron chi connectivity index (χ0n) is 15.6. The van der Waals surface area contributed by atoms with Crippen LogP contribution in [0.3, 0.4) is 0 Å². The lowest BCUT2D eigenvalue weighted by atomic mass is 10.1. The number of aromatic nitrogens is 3. The van der Waals surface area contributed by atoms with E-state index in [0.29, 0.717) is 6.54 Å². The molecule has 0 bridgehead atoms. The van der Waals surface area contributed by atoms with Crippen molar-refractivity contribution in [3.05, 3.63) is 47.6 Å². The van der Waals surface area contributed by atoms with Crippen molar-refractivity contribution in [1.82, 2.24) is 20.4 Å². The van der Waals surface area contributed by atoms with Crippen LogP contribution in [0.5, 0.6) is 0 Å². The van der Waals surface area contributed by atoms with E-state index >= 15 is 0 Å². The summed E-state index contributed by atoms with van der Waals surface area (Å²) >= 11 is 0. The van der Waals surface area contributed by atoms with Crippen LogP contribution in [0.15, 0.2) is 35.1 Å². The molecule has 3 aromatic rings. The number of para-hydroxylation sites is 1. The van der Waals surface area contributed by atoms with E-state index < -0.39 is 0 Å². The minimum absolute atomic E-state index is 0.0435. The fourth-order valence-electron chi connectivity index (χ4n) is 3.80. The van der Waals surface area contributed by atoms with E-state index in [0.717, 1.165) is 59.5 Å². The Morgan fingerprint density at radius 3 is 2.96 bits per heavy atom. The number of carbonyl (C=O) groups excluding carboxylic acids is 1. The third-order valence-corrected chi connectivity index (χ3v) is 5.20. The molecule has 1 aliphatic rings. The second-order valence-electron chi connectivity index (χ2n) is 6.91. The molecule has 2 aromatic heterocycles. The molecule has 1 aliphatic heterocycles. The van der Waals surface area contributed by atoms with E-state index in [1.807, 2.05) is 38.1 Å². The van der Waals surface area contributed by atoms with Gasteiger partial charge in [0.15, 0.2) is 0 Å². The van der Waals surface area contributed by atoms with E-state index in [1.165, 1.54) is 0 Å². The summed E-state index contributed by atoms with van der Waals surface area (Å²) in [6.45, 7) is 5.21. The Morgan fingerprint density at radius 2 is 2.15 bits per heavy atom. The van der Waals surface area contributed by atoms with Crippen molar-refractivity contribution in [3.8, 4) is 0 Å². The quantitative estimate of drug-likeness (QED) is 0.748. The Hall–Kier alpha value is -2.96. The molecule has 0 aliphatic carbocycles. The molecule has 1 amide bonds. The third kappa shape index (κ3) is 3.37. The Morgan fingerprint density at radius 1 is 1.30 bits per heavy atom. The van der Waals surface area contributed by atoms with Crippen LogP contribution in [0, 0.1) is 13.8 Å². The van der Waals surface area contributed by atoms with Gasteiger partial charge in [-0.1, -0.05) is 17.3 Å². The standard InChI is InChI=1S/C20H23N5O2/c1-13-15(14(2)27-24-13)9-10-21-20(26)18-8-5-11-25(18)19-16-6-3-4-7-17(16)22-12-23-19/h3-4,6-7,12,18H,5,8-11H2,1-2H3,(H,21,26)/t18-/m0/s1. The van der Waals surface area contributed by atoms with Crippen molar-refractivity contribution < 1.29 is 9.32 Å². The van der Waals surface area contributed by atoms with Gasteiger partial charge in [0.2, 0.25) is 5.91 Å². The topological polar surface area (TPSA) is 84.2 Å². The van der Waals surface area contributed by atoms with Crippen LogP contribution < -0.4 is 10.2 Å². The number of aryl methyl sites for hydroxylation is 2. The Balaban J connectivity index is 1.47. The Bertz CT molecular complexity index is 943. The summed E-state index contributed by atoms with van der Waals surface area (Å²) in [6, 6.07) is 7.71. The molecule has 140 valence electrons. The molecule has 0 radical (unpaired) electrons. The summed E-state index contributed by atoms with van der Waals surface area (Å²) in [7, 11) is 0. The molecular weight excluding hydrogens is 342 g/mol. The van der Waals surface area contributed by atoms with Gasteiger partial charge < -0.3 is 14.7 Å². The van der Waals surface area contributed by atoms with Crippen molar-refractivity contribution in [3.63, 3.8) is 0 Å². The van der Waals surface area contributed by atoms with Gasteiger partial charge in [-0.2, -0.15) is 0 Å². The van der Waals surface area contributed by atoms with Gasteiger partial charge in [0, 0.05) is 24.0 Å². The number of nitrogens with one attached hydrogen (secondary N) is 1. The van der Waals surface area contributed by atoms with Crippen molar-refractivity contribution >= 4 is 22.6 Å². The number of amides is 1. The maximum absolute atomic E-state index is 12.8. The lowest BCUT2D eigenvalue weighted by Gasteiger charge is -2.25. The molecule has 0 saturated carbocycles. The fraction of sp³-hybridized carbons (Fsp3) is 0.400. The zero-order chi connectivity index (χ0) is 18.8. The van der Waals surface area contributed by atoms with Crippen LogP contribution in [0.1, 0.15) is 29.9 Å². The fourth-order valence-corrected chi connectivity index (χ4v) is 3.80. The van der Waals surface area contributed by atoms with Gasteiger partial charge in [-0.25, -0.2) is 9.97 Å². The van der Waals surface area contributed by atoms with E-state index in [2.05, 4.69) is 25.3 Å². The van der Waals surface area contributed by atoms with Crippen LogP contribution in [0.2, 0.25) is 0 Å². The monoisotopic (exact) mass is 365 g/mol. The molecule has 1 atom stereocenters. The highest BCUT2D eigenvalue weighted by Crippen LogP contribution is 2.29. The lowest BCUT2D eigenvalue weighted by molar-refractivity contribution is -0.122. The van der Waals surface area contributed by atoms with Gasteiger partial charge in [-0.15, -0.1) is 0 Å². The number of carbonyl (C=O) groups is 1.